The first-order chi connectivity index (χ1) is 10.1. The quantitative estimate of drug-likeness (QED) is 0.741. The zero-order valence-electron chi connectivity index (χ0n) is 12.0. The molecule has 0 fully saturated rings. The van der Waals surface area contributed by atoms with Crippen LogP contribution in [0.4, 0.5) is 5.69 Å². The minimum Gasteiger partial charge on any atom is -0.382 e. The molecule has 0 spiro atoms. The van der Waals surface area contributed by atoms with Gasteiger partial charge in [-0.3, -0.25) is 4.79 Å². The van der Waals surface area contributed by atoms with Crippen LogP contribution in [-0.2, 0) is 0 Å². The van der Waals surface area contributed by atoms with Crippen molar-refractivity contribution in [2.45, 2.75) is 19.8 Å². The number of rotatable bonds is 5. The van der Waals surface area contributed by atoms with Crippen molar-refractivity contribution in [1.82, 2.24) is 9.97 Å². The first-order valence-electron chi connectivity index (χ1n) is 6.72. The summed E-state index contributed by atoms with van der Waals surface area (Å²) in [5.74, 6) is 0.414. The van der Waals surface area contributed by atoms with E-state index < -0.39 is 0 Å². The van der Waals surface area contributed by atoms with E-state index in [4.69, 9.17) is 17.0 Å². The molecule has 0 amide bonds. The summed E-state index contributed by atoms with van der Waals surface area (Å²) in [5, 5.41) is 11.5. The fourth-order valence-electron chi connectivity index (χ4n) is 2.06. The molecule has 0 saturated carbocycles. The topological polar surface area (TPSA) is 81.6 Å². The minimum absolute atomic E-state index is 0.293. The summed E-state index contributed by atoms with van der Waals surface area (Å²) >= 11 is 5.97. The molecule has 6 heteroatoms. The van der Waals surface area contributed by atoms with Crippen molar-refractivity contribution >= 4 is 23.0 Å². The molecule has 0 bridgehead atoms. The largest absolute Gasteiger partial charge is 0.382 e. The molecule has 0 radical (unpaired) electrons. The van der Waals surface area contributed by atoms with Gasteiger partial charge < -0.3 is 15.7 Å². The molecule has 3 N–H and O–H groups in total. The van der Waals surface area contributed by atoms with Crippen LogP contribution in [0.15, 0.2) is 29.1 Å². The van der Waals surface area contributed by atoms with Gasteiger partial charge in [-0.2, -0.15) is 0 Å². The second kappa shape index (κ2) is 6.54. The molecule has 2 aromatic rings. The fraction of sp³-hybridized carbons (Fsp3) is 0.267. The molecule has 1 aromatic heterocycles. The molecule has 1 aromatic carbocycles. The Morgan fingerprint density at radius 3 is 2.86 bits per heavy atom. The van der Waals surface area contributed by atoms with E-state index in [1.165, 1.54) is 0 Å². The van der Waals surface area contributed by atoms with Crippen LogP contribution in [0.3, 0.4) is 0 Å². The van der Waals surface area contributed by atoms with Crippen LogP contribution in [-0.4, -0.2) is 22.7 Å². The number of aromatic amines is 1. The van der Waals surface area contributed by atoms with E-state index in [0.29, 0.717) is 39.9 Å². The Morgan fingerprint density at radius 1 is 1.48 bits per heavy atom. The zero-order chi connectivity index (χ0) is 15.4. The molecule has 110 valence electrons. The number of nitrogens with one attached hydrogen (secondary N) is 3. The maximum absolute atomic E-state index is 12.2. The van der Waals surface area contributed by atoms with Crippen molar-refractivity contribution in [2.24, 2.45) is 0 Å². The molecular weight excluding hydrogens is 288 g/mol. The molecule has 5 nitrogen and oxygen atoms in total. The average molecular weight is 305 g/mol. The van der Waals surface area contributed by atoms with Crippen LogP contribution in [0.25, 0.3) is 11.4 Å². The summed E-state index contributed by atoms with van der Waals surface area (Å²) in [6, 6.07) is 7.09. The predicted octanol–water partition coefficient (Wildman–Crippen LogP) is 3.30. The highest BCUT2D eigenvalue weighted by Crippen LogP contribution is 2.20. The Bertz CT molecular complexity index is 724. The van der Waals surface area contributed by atoms with Gasteiger partial charge in [-0.05, 0) is 18.6 Å². The lowest BCUT2D eigenvalue weighted by Crippen LogP contribution is -2.20. The first kappa shape index (κ1) is 15.3. The van der Waals surface area contributed by atoms with Crippen molar-refractivity contribution < 1.29 is 0 Å². The number of hydrogen-bond acceptors (Lipinski definition) is 4. The normalized spacial score (nSPS) is 10.4. The summed E-state index contributed by atoms with van der Waals surface area (Å²) < 4.78 is 0. The van der Waals surface area contributed by atoms with E-state index in [-0.39, 0.29) is 5.56 Å². The second-order valence-electron chi connectivity index (χ2n) is 4.63. The van der Waals surface area contributed by atoms with Crippen LogP contribution < -0.4 is 10.9 Å². The average Bonchev–Trinajstić information content (AvgIpc) is 2.46. The van der Waals surface area contributed by atoms with Crippen LogP contribution in [0, 0.1) is 5.41 Å². The Morgan fingerprint density at radius 2 is 2.24 bits per heavy atom. The van der Waals surface area contributed by atoms with Gasteiger partial charge in [0, 0.05) is 17.6 Å². The van der Waals surface area contributed by atoms with Crippen LogP contribution in [0.1, 0.15) is 25.5 Å². The Hall–Kier alpha value is -2.14. The van der Waals surface area contributed by atoms with Gasteiger partial charge >= 0.3 is 0 Å². The smallest absolute Gasteiger partial charge is 0.275 e. The van der Waals surface area contributed by atoms with E-state index >= 15 is 0 Å². The molecule has 0 saturated heterocycles. The van der Waals surface area contributed by atoms with Crippen LogP contribution in [0.5, 0.6) is 0 Å². The number of hydrogen-bond donors (Lipinski definition) is 3. The number of anilines is 1. The van der Waals surface area contributed by atoms with Crippen LogP contribution in [0.2, 0.25) is 5.02 Å². The summed E-state index contributed by atoms with van der Waals surface area (Å²) in [5.41, 5.74) is 1.47. The van der Waals surface area contributed by atoms with E-state index in [2.05, 4.69) is 15.3 Å². The van der Waals surface area contributed by atoms with Crippen molar-refractivity contribution in [2.75, 3.05) is 12.4 Å². The standard InChI is InChI=1S/C15H17ClN4O/c1-3-5-11(17)12-13(18-2)15(21)20-14(19-12)9-6-4-7-10(16)8-9/h4,6-8,17-18H,3,5H2,1-2H3,(H,19,20,21). The van der Waals surface area contributed by atoms with Gasteiger partial charge in [0.25, 0.3) is 5.56 Å². The summed E-state index contributed by atoms with van der Waals surface area (Å²) in [6.07, 6.45) is 1.39. The van der Waals surface area contributed by atoms with Gasteiger partial charge in [0.15, 0.2) is 0 Å². The molecule has 21 heavy (non-hydrogen) atoms. The number of aromatic nitrogens is 2. The third-order valence-electron chi connectivity index (χ3n) is 3.05. The lowest BCUT2D eigenvalue weighted by Gasteiger charge is -2.10. The maximum atomic E-state index is 12.2. The molecule has 1 heterocycles. The molecule has 0 aliphatic carbocycles. The van der Waals surface area contributed by atoms with Crippen molar-refractivity contribution in [3.63, 3.8) is 0 Å². The minimum atomic E-state index is -0.293. The summed E-state index contributed by atoms with van der Waals surface area (Å²) in [4.78, 5) is 19.3. The third-order valence-corrected chi connectivity index (χ3v) is 3.29. The summed E-state index contributed by atoms with van der Waals surface area (Å²) in [6.45, 7) is 1.98. The SMILES string of the molecule is CCCC(=N)c1nc(-c2cccc(Cl)c2)[nH]c(=O)c1NC. The Balaban J connectivity index is 2.60. The Labute approximate surface area is 127 Å². The highest BCUT2D eigenvalue weighted by atomic mass is 35.5. The first-order valence-corrected chi connectivity index (χ1v) is 7.10. The van der Waals surface area contributed by atoms with E-state index in [1.54, 1.807) is 25.2 Å². The van der Waals surface area contributed by atoms with Gasteiger partial charge in [-0.15, -0.1) is 0 Å². The van der Waals surface area contributed by atoms with Gasteiger partial charge in [-0.25, -0.2) is 4.98 Å². The van der Waals surface area contributed by atoms with Gasteiger partial charge in [0.2, 0.25) is 0 Å². The van der Waals surface area contributed by atoms with E-state index in [9.17, 15) is 4.79 Å². The number of nitrogens with zero attached hydrogens (tertiary/aromatic N) is 1. The zero-order valence-corrected chi connectivity index (χ0v) is 12.7. The Kier molecular flexibility index (Phi) is 4.75. The highest BCUT2D eigenvalue weighted by Gasteiger charge is 2.15. The molecule has 2 rings (SSSR count). The number of H-pyrrole nitrogens is 1. The lowest BCUT2D eigenvalue weighted by molar-refractivity contribution is 0.975. The van der Waals surface area contributed by atoms with Gasteiger partial charge in [-0.1, -0.05) is 37.1 Å². The fourth-order valence-corrected chi connectivity index (χ4v) is 2.25. The lowest BCUT2D eigenvalue weighted by atomic mass is 10.1. The maximum Gasteiger partial charge on any atom is 0.275 e. The van der Waals surface area contributed by atoms with Gasteiger partial charge in [0.05, 0.1) is 5.71 Å². The predicted molar refractivity (Wildman–Crippen MR) is 86.6 cm³/mol. The van der Waals surface area contributed by atoms with Crippen LogP contribution >= 0.6 is 11.6 Å². The monoisotopic (exact) mass is 304 g/mol. The molecule has 0 atom stereocenters. The third kappa shape index (κ3) is 3.31. The number of halogens is 1. The van der Waals surface area contributed by atoms with Crippen molar-refractivity contribution in [3.05, 3.63) is 45.3 Å². The molecule has 0 aliphatic rings. The highest BCUT2D eigenvalue weighted by molar-refractivity contribution is 6.30. The molecule has 0 unspecified atom stereocenters. The summed E-state index contributed by atoms with van der Waals surface area (Å²) in [7, 11) is 1.65. The van der Waals surface area contributed by atoms with Crippen molar-refractivity contribution in [3.8, 4) is 11.4 Å². The van der Waals surface area contributed by atoms with E-state index in [1.807, 2.05) is 13.0 Å². The van der Waals surface area contributed by atoms with E-state index in [0.717, 1.165) is 6.42 Å². The van der Waals surface area contributed by atoms with Crippen molar-refractivity contribution in [1.29, 1.82) is 5.41 Å². The van der Waals surface area contributed by atoms with Gasteiger partial charge in [0.1, 0.15) is 17.2 Å². The molecule has 0 aliphatic heterocycles. The number of benzene rings is 1. The second-order valence-corrected chi connectivity index (χ2v) is 5.06. The molecular formula is C15H17ClN4O.